The molecule has 1 atom stereocenters. The van der Waals surface area contributed by atoms with E-state index in [1.807, 2.05) is 42.6 Å². The molecule has 0 aliphatic carbocycles. The third-order valence-corrected chi connectivity index (χ3v) is 4.65. The minimum atomic E-state index is -0.673. The van der Waals surface area contributed by atoms with Gasteiger partial charge in [0, 0.05) is 5.70 Å². The van der Waals surface area contributed by atoms with Gasteiger partial charge >= 0.3 is 5.97 Å². The van der Waals surface area contributed by atoms with Gasteiger partial charge in [0.05, 0.1) is 19.3 Å². The number of esters is 1. The topological polar surface area (TPSA) is 105 Å². The van der Waals surface area contributed by atoms with Crippen molar-refractivity contribution >= 4 is 11.9 Å². The maximum Gasteiger partial charge on any atom is 0.338 e. The van der Waals surface area contributed by atoms with Crippen LogP contribution in [0, 0.1) is 11.5 Å². The van der Waals surface area contributed by atoms with Crippen LogP contribution in [-0.4, -0.2) is 25.6 Å². The summed E-state index contributed by atoms with van der Waals surface area (Å²) in [5, 5.41) is 14.4. The monoisotopic (exact) mass is 420 g/mol. The van der Waals surface area contributed by atoms with Crippen LogP contribution < -0.4 is 20.1 Å². The van der Waals surface area contributed by atoms with Crippen molar-refractivity contribution in [2.75, 3.05) is 13.7 Å². The average molecular weight is 420 g/mol. The summed E-state index contributed by atoms with van der Waals surface area (Å²) in [5.41, 5.74) is 2.65. The second-order valence-electron chi connectivity index (χ2n) is 6.69. The minimum absolute atomic E-state index is 0.241. The molecular weight excluding hydrogens is 396 g/mol. The Labute approximate surface area is 181 Å². The number of nitrogens with zero attached hydrogens (tertiary/aromatic N) is 2. The number of nitrogens with one attached hydrogen (secondary N) is 2. The minimum Gasteiger partial charge on any atom is -0.493 e. The average Bonchev–Trinajstić information content (AvgIpc) is 2.78. The highest BCUT2D eigenvalue weighted by atomic mass is 16.5. The SMILES string of the molecule is CCOC(=O)C1=C(C)NC(NC#N)=N[C@@H]1c1ccc(OCc2ccccc2)c(OC)c1. The van der Waals surface area contributed by atoms with Crippen molar-refractivity contribution < 1.29 is 19.0 Å². The first-order chi connectivity index (χ1) is 15.1. The van der Waals surface area contributed by atoms with Crippen molar-refractivity contribution in [1.29, 1.82) is 5.26 Å². The molecular formula is C23H24N4O4. The number of carbonyl (C=O) groups is 1. The van der Waals surface area contributed by atoms with E-state index in [4.69, 9.17) is 19.5 Å². The molecule has 0 spiro atoms. The van der Waals surface area contributed by atoms with Crippen LogP contribution in [0.3, 0.4) is 0 Å². The highest BCUT2D eigenvalue weighted by Crippen LogP contribution is 2.36. The van der Waals surface area contributed by atoms with Gasteiger partial charge in [-0.05, 0) is 37.1 Å². The first kappa shape index (κ1) is 21.7. The molecule has 8 nitrogen and oxygen atoms in total. The van der Waals surface area contributed by atoms with Crippen molar-refractivity contribution in [3.63, 3.8) is 0 Å². The molecule has 2 aromatic carbocycles. The zero-order valence-corrected chi connectivity index (χ0v) is 17.6. The molecule has 2 aromatic rings. The summed E-state index contributed by atoms with van der Waals surface area (Å²) in [4.78, 5) is 17.1. The molecule has 0 radical (unpaired) electrons. The first-order valence-corrected chi connectivity index (χ1v) is 9.79. The van der Waals surface area contributed by atoms with Crippen molar-refractivity contribution in [3.8, 4) is 17.7 Å². The molecule has 8 heteroatoms. The molecule has 0 aromatic heterocycles. The molecule has 0 bridgehead atoms. The number of nitriles is 1. The standard InChI is InChI=1S/C23H24N4O4/c1-4-30-22(28)20-15(2)26-23(25-14-24)27-21(20)17-10-11-18(19(12-17)29-3)31-13-16-8-6-5-7-9-16/h5-12,21H,4,13H2,1-3H3,(H2,25,26,27)/t21-/m1/s1. The summed E-state index contributed by atoms with van der Waals surface area (Å²) in [6, 6.07) is 14.5. The van der Waals surface area contributed by atoms with Crippen LogP contribution in [-0.2, 0) is 16.1 Å². The lowest BCUT2D eigenvalue weighted by Gasteiger charge is -2.25. The van der Waals surface area contributed by atoms with Crippen LogP contribution in [0.2, 0.25) is 0 Å². The number of allylic oxidation sites excluding steroid dienone is 1. The second kappa shape index (κ2) is 10.2. The van der Waals surface area contributed by atoms with Gasteiger partial charge in [-0.2, -0.15) is 5.26 Å². The molecule has 2 N–H and O–H groups in total. The summed E-state index contributed by atoms with van der Waals surface area (Å²) < 4.78 is 16.7. The maximum atomic E-state index is 12.6. The number of rotatable bonds is 7. The molecule has 0 unspecified atom stereocenters. The number of benzene rings is 2. The van der Waals surface area contributed by atoms with E-state index in [2.05, 4.69) is 15.6 Å². The van der Waals surface area contributed by atoms with Crippen molar-refractivity contribution in [1.82, 2.24) is 10.6 Å². The molecule has 1 aliphatic rings. The molecule has 0 saturated heterocycles. The number of ether oxygens (including phenoxy) is 3. The Kier molecular flexibility index (Phi) is 7.12. The van der Waals surface area contributed by atoms with E-state index in [-0.39, 0.29) is 12.6 Å². The maximum absolute atomic E-state index is 12.6. The lowest BCUT2D eigenvalue weighted by molar-refractivity contribution is -0.138. The normalized spacial score (nSPS) is 15.3. The molecule has 1 heterocycles. The molecule has 31 heavy (non-hydrogen) atoms. The van der Waals surface area contributed by atoms with Crippen molar-refractivity contribution in [2.24, 2.45) is 4.99 Å². The van der Waals surface area contributed by atoms with Gasteiger partial charge in [0.2, 0.25) is 5.96 Å². The smallest absolute Gasteiger partial charge is 0.338 e. The van der Waals surface area contributed by atoms with Crippen LogP contribution in [0.1, 0.15) is 31.0 Å². The summed E-state index contributed by atoms with van der Waals surface area (Å²) in [7, 11) is 1.55. The molecule has 1 aliphatic heterocycles. The van der Waals surface area contributed by atoms with E-state index >= 15 is 0 Å². The summed E-state index contributed by atoms with van der Waals surface area (Å²) in [6.07, 6.45) is 1.84. The largest absolute Gasteiger partial charge is 0.493 e. The van der Waals surface area contributed by atoms with Gasteiger partial charge in [0.1, 0.15) is 12.6 Å². The molecule has 0 saturated carbocycles. The fourth-order valence-electron chi connectivity index (χ4n) is 3.22. The predicted molar refractivity (Wildman–Crippen MR) is 115 cm³/mol. The van der Waals surface area contributed by atoms with E-state index in [1.54, 1.807) is 33.1 Å². The third kappa shape index (κ3) is 5.14. The summed E-state index contributed by atoms with van der Waals surface area (Å²) >= 11 is 0. The lowest BCUT2D eigenvalue weighted by Crippen LogP contribution is -2.39. The quantitative estimate of drug-likeness (QED) is 0.403. The summed E-state index contributed by atoms with van der Waals surface area (Å²) in [6.45, 7) is 4.12. The van der Waals surface area contributed by atoms with E-state index in [1.165, 1.54) is 0 Å². The number of hydrogen-bond acceptors (Lipinski definition) is 8. The van der Waals surface area contributed by atoms with Gasteiger partial charge in [0.15, 0.2) is 17.7 Å². The van der Waals surface area contributed by atoms with E-state index in [0.717, 1.165) is 5.56 Å². The van der Waals surface area contributed by atoms with Crippen molar-refractivity contribution in [3.05, 3.63) is 70.9 Å². The second-order valence-corrected chi connectivity index (χ2v) is 6.69. The number of aliphatic imine (C=N–C) groups is 1. The van der Waals surface area contributed by atoms with Crippen LogP contribution >= 0.6 is 0 Å². The Hall–Kier alpha value is -3.99. The van der Waals surface area contributed by atoms with Gasteiger partial charge in [0.25, 0.3) is 0 Å². The Bertz CT molecular complexity index is 1040. The fraction of sp³-hybridized carbons (Fsp3) is 0.261. The highest BCUT2D eigenvalue weighted by Gasteiger charge is 2.31. The molecule has 160 valence electrons. The summed E-state index contributed by atoms with van der Waals surface area (Å²) in [5.74, 6) is 0.863. The number of guanidine groups is 1. The molecule has 0 amide bonds. The third-order valence-electron chi connectivity index (χ3n) is 4.65. The van der Waals surface area contributed by atoms with Crippen LogP contribution in [0.25, 0.3) is 0 Å². The first-order valence-electron chi connectivity index (χ1n) is 9.79. The number of carbonyl (C=O) groups excluding carboxylic acids is 1. The lowest BCUT2D eigenvalue weighted by atomic mass is 9.96. The van der Waals surface area contributed by atoms with Gasteiger partial charge in [-0.25, -0.2) is 9.79 Å². The van der Waals surface area contributed by atoms with Crippen molar-refractivity contribution in [2.45, 2.75) is 26.5 Å². The van der Waals surface area contributed by atoms with Crippen LogP contribution in [0.4, 0.5) is 0 Å². The molecule has 0 fully saturated rings. The Morgan fingerprint density at radius 2 is 2.00 bits per heavy atom. The Balaban J connectivity index is 1.93. The Morgan fingerprint density at radius 1 is 1.23 bits per heavy atom. The predicted octanol–water partition coefficient (Wildman–Crippen LogP) is 3.18. The highest BCUT2D eigenvalue weighted by molar-refractivity contribution is 5.95. The zero-order valence-electron chi connectivity index (χ0n) is 17.6. The zero-order chi connectivity index (χ0) is 22.2. The van der Waals surface area contributed by atoms with Crippen LogP contribution in [0.5, 0.6) is 11.5 Å². The van der Waals surface area contributed by atoms with Gasteiger partial charge in [-0.15, -0.1) is 0 Å². The van der Waals surface area contributed by atoms with Gasteiger partial charge in [-0.1, -0.05) is 36.4 Å². The Morgan fingerprint density at radius 3 is 2.68 bits per heavy atom. The van der Waals surface area contributed by atoms with Crippen LogP contribution in [0.15, 0.2) is 64.8 Å². The number of hydrogen-bond donors (Lipinski definition) is 2. The van der Waals surface area contributed by atoms with E-state index in [9.17, 15) is 4.79 Å². The van der Waals surface area contributed by atoms with Gasteiger partial charge < -0.3 is 19.5 Å². The van der Waals surface area contributed by atoms with E-state index < -0.39 is 12.0 Å². The fourth-order valence-corrected chi connectivity index (χ4v) is 3.22. The van der Waals surface area contributed by atoms with E-state index in [0.29, 0.717) is 34.9 Å². The number of methoxy groups -OCH3 is 1. The van der Waals surface area contributed by atoms with Gasteiger partial charge in [-0.3, -0.25) is 5.32 Å². The molecule has 3 rings (SSSR count).